The van der Waals surface area contributed by atoms with Crippen molar-refractivity contribution < 1.29 is 4.74 Å². The number of hydrogen-bond acceptors (Lipinski definition) is 4. The van der Waals surface area contributed by atoms with Gasteiger partial charge in [0, 0.05) is 30.2 Å². The first-order valence-electron chi connectivity index (χ1n) is 11.6. The number of methoxy groups -OCH3 is 1. The fraction of sp³-hybridized carbons (Fsp3) is 0.286. The van der Waals surface area contributed by atoms with Crippen molar-refractivity contribution in [2.75, 3.05) is 24.0 Å². The maximum absolute atomic E-state index is 6.52. The Balaban J connectivity index is 1.66. The molecule has 35 heavy (non-hydrogen) atoms. The van der Waals surface area contributed by atoms with E-state index in [4.69, 9.17) is 28.6 Å². The summed E-state index contributed by atoms with van der Waals surface area (Å²) in [5.41, 5.74) is 6.67. The van der Waals surface area contributed by atoms with Crippen LogP contribution in [0.25, 0.3) is 5.57 Å². The number of rotatable bonds is 4. The third-order valence-electron chi connectivity index (χ3n) is 7.09. The number of fused-ring (bicyclic) bond motifs is 1. The molecule has 2 aliphatic rings. The zero-order chi connectivity index (χ0) is 24.9. The normalized spacial score (nSPS) is 20.9. The predicted octanol–water partition coefficient (Wildman–Crippen LogP) is 6.55. The Kier molecular flexibility index (Phi) is 5.98. The second-order valence-electron chi connectivity index (χ2n) is 9.63. The number of pyridine rings is 1. The third-order valence-corrected chi connectivity index (χ3v) is 7.70. The van der Waals surface area contributed by atoms with E-state index in [0.717, 1.165) is 16.9 Å². The number of nitrogens with one attached hydrogen (secondary N) is 1. The molecule has 3 aromatic rings. The number of nitrogens with zero attached hydrogens (tertiary/aromatic N) is 3. The molecule has 180 valence electrons. The summed E-state index contributed by atoms with van der Waals surface area (Å²) in [6, 6.07) is 18.2. The van der Waals surface area contributed by atoms with E-state index in [2.05, 4.69) is 72.2 Å². The molecule has 1 aromatic heterocycles. The van der Waals surface area contributed by atoms with E-state index < -0.39 is 0 Å². The van der Waals surface area contributed by atoms with Crippen LogP contribution in [0.4, 0.5) is 11.4 Å². The van der Waals surface area contributed by atoms with Gasteiger partial charge < -0.3 is 19.9 Å². The third kappa shape index (κ3) is 4.05. The molecule has 5 nitrogen and oxygen atoms in total. The average molecular weight is 505 g/mol. The maximum atomic E-state index is 6.52. The molecule has 1 saturated heterocycles. The number of likely N-dealkylation sites (N-methyl/N-ethyl adjacent to an activating group) is 1. The van der Waals surface area contributed by atoms with Crippen molar-refractivity contribution in [2.24, 2.45) is 0 Å². The average Bonchev–Trinajstić information content (AvgIpc) is 3.19. The Hall–Kier alpha value is -3.09. The van der Waals surface area contributed by atoms with Gasteiger partial charge in [-0.2, -0.15) is 0 Å². The Morgan fingerprint density at radius 3 is 2.60 bits per heavy atom. The number of halogens is 1. The summed E-state index contributed by atoms with van der Waals surface area (Å²) in [5.74, 6) is 0.631. The van der Waals surface area contributed by atoms with E-state index in [-0.39, 0.29) is 17.6 Å². The minimum atomic E-state index is -0.121. The molecule has 0 bridgehead atoms. The summed E-state index contributed by atoms with van der Waals surface area (Å²) < 4.78 is 5.37. The van der Waals surface area contributed by atoms with Crippen molar-refractivity contribution in [1.29, 1.82) is 0 Å². The van der Waals surface area contributed by atoms with Crippen molar-refractivity contribution in [3.8, 4) is 5.75 Å². The second-order valence-corrected chi connectivity index (χ2v) is 10.4. The minimum Gasteiger partial charge on any atom is -0.495 e. The van der Waals surface area contributed by atoms with Crippen LogP contribution in [0.3, 0.4) is 0 Å². The van der Waals surface area contributed by atoms with Crippen molar-refractivity contribution in [1.82, 2.24) is 10.3 Å². The molecule has 0 radical (unpaired) electrons. The van der Waals surface area contributed by atoms with Crippen LogP contribution >= 0.6 is 23.8 Å². The first kappa shape index (κ1) is 23.6. The van der Waals surface area contributed by atoms with Crippen molar-refractivity contribution >= 4 is 45.9 Å². The highest BCUT2D eigenvalue weighted by atomic mass is 35.5. The summed E-state index contributed by atoms with van der Waals surface area (Å²) in [4.78, 5) is 9.13. The Bertz CT molecular complexity index is 1320. The highest BCUT2D eigenvalue weighted by molar-refractivity contribution is 7.80. The summed E-state index contributed by atoms with van der Waals surface area (Å²) in [5, 5.41) is 4.70. The standard InChI is InChI=1S/C28H29ClN4OS/c1-17-16-28(2,3)32(4)23-11-9-18(14-20(17)23)26-25(22-8-6-7-13-30-22)31-27(35)33(26)19-10-12-24(34-5)21(29)15-19/h6-16,25-26H,1-5H3,(H,31,35)/t25-,26-/m0/s1. The van der Waals surface area contributed by atoms with Crippen LogP contribution in [0.1, 0.15) is 49.7 Å². The molecule has 7 heteroatoms. The highest BCUT2D eigenvalue weighted by Crippen LogP contribution is 2.45. The van der Waals surface area contributed by atoms with Gasteiger partial charge >= 0.3 is 0 Å². The number of ether oxygens (including phenoxy) is 1. The lowest BCUT2D eigenvalue weighted by Gasteiger charge is -2.41. The molecule has 3 heterocycles. The number of thiocarbonyl (C=S) groups is 1. The van der Waals surface area contributed by atoms with E-state index >= 15 is 0 Å². The molecule has 0 aliphatic carbocycles. The summed E-state index contributed by atoms with van der Waals surface area (Å²) in [6.45, 7) is 6.66. The predicted molar refractivity (Wildman–Crippen MR) is 149 cm³/mol. The van der Waals surface area contributed by atoms with Gasteiger partial charge in [0.15, 0.2) is 5.11 Å². The molecule has 1 fully saturated rings. The van der Waals surface area contributed by atoms with Crippen LogP contribution in [0.5, 0.6) is 5.75 Å². The van der Waals surface area contributed by atoms with E-state index in [0.29, 0.717) is 15.9 Å². The van der Waals surface area contributed by atoms with Crippen LogP contribution in [0.15, 0.2) is 66.9 Å². The Morgan fingerprint density at radius 1 is 1.11 bits per heavy atom. The fourth-order valence-electron chi connectivity index (χ4n) is 5.14. The molecule has 0 unspecified atom stereocenters. The maximum Gasteiger partial charge on any atom is 0.174 e. The zero-order valence-corrected chi connectivity index (χ0v) is 22.1. The number of anilines is 2. The lowest BCUT2D eigenvalue weighted by atomic mass is 9.86. The van der Waals surface area contributed by atoms with E-state index in [1.54, 1.807) is 7.11 Å². The molecule has 5 rings (SSSR count). The fourth-order valence-corrected chi connectivity index (χ4v) is 5.74. The molecule has 2 aromatic carbocycles. The van der Waals surface area contributed by atoms with Crippen LogP contribution in [-0.4, -0.2) is 29.8 Å². The van der Waals surface area contributed by atoms with Crippen LogP contribution < -0.4 is 19.9 Å². The first-order chi connectivity index (χ1) is 16.7. The van der Waals surface area contributed by atoms with Crippen molar-refractivity contribution in [2.45, 2.75) is 38.4 Å². The topological polar surface area (TPSA) is 40.6 Å². The van der Waals surface area contributed by atoms with Gasteiger partial charge in [-0.1, -0.05) is 29.8 Å². The van der Waals surface area contributed by atoms with E-state index in [1.807, 2.05) is 42.6 Å². The van der Waals surface area contributed by atoms with Gasteiger partial charge in [-0.25, -0.2) is 0 Å². The molecule has 2 atom stereocenters. The van der Waals surface area contributed by atoms with Crippen LogP contribution in [0, 0.1) is 0 Å². The molecular formula is C28H29ClN4OS. The van der Waals surface area contributed by atoms with Gasteiger partial charge in [-0.15, -0.1) is 0 Å². The Labute approximate surface area is 217 Å². The second kappa shape index (κ2) is 8.85. The minimum absolute atomic E-state index is 0.0442. The van der Waals surface area contributed by atoms with E-state index in [1.165, 1.54) is 16.8 Å². The summed E-state index contributed by atoms with van der Waals surface area (Å²) in [7, 11) is 3.76. The van der Waals surface area contributed by atoms with Gasteiger partial charge in [-0.3, -0.25) is 4.98 Å². The smallest absolute Gasteiger partial charge is 0.174 e. The number of benzene rings is 2. The summed E-state index contributed by atoms with van der Waals surface area (Å²) >= 11 is 12.4. The lowest BCUT2D eigenvalue weighted by molar-refractivity contribution is 0.415. The number of hydrogen-bond donors (Lipinski definition) is 1. The van der Waals surface area contributed by atoms with E-state index in [9.17, 15) is 0 Å². The van der Waals surface area contributed by atoms with Gasteiger partial charge in [0.2, 0.25) is 0 Å². The van der Waals surface area contributed by atoms with Gasteiger partial charge in [0.25, 0.3) is 0 Å². The molecule has 0 spiro atoms. The molecule has 0 amide bonds. The molecular weight excluding hydrogens is 476 g/mol. The molecule has 1 N–H and O–H groups in total. The largest absolute Gasteiger partial charge is 0.495 e. The van der Waals surface area contributed by atoms with Crippen molar-refractivity contribution in [3.63, 3.8) is 0 Å². The number of allylic oxidation sites excluding steroid dienone is 1. The van der Waals surface area contributed by atoms with Gasteiger partial charge in [0.1, 0.15) is 5.75 Å². The molecule has 2 aliphatic heterocycles. The van der Waals surface area contributed by atoms with Gasteiger partial charge in [-0.05, 0) is 86.6 Å². The first-order valence-corrected chi connectivity index (χ1v) is 12.4. The Morgan fingerprint density at radius 2 is 1.91 bits per heavy atom. The van der Waals surface area contributed by atoms with Gasteiger partial charge in [0.05, 0.1) is 35.4 Å². The summed E-state index contributed by atoms with van der Waals surface area (Å²) in [6.07, 6.45) is 4.15. The number of aromatic nitrogens is 1. The van der Waals surface area contributed by atoms with Crippen LogP contribution in [0.2, 0.25) is 5.02 Å². The highest BCUT2D eigenvalue weighted by Gasteiger charge is 2.41. The lowest BCUT2D eigenvalue weighted by Crippen LogP contribution is -2.42. The van der Waals surface area contributed by atoms with Crippen molar-refractivity contribution in [3.05, 3.63) is 88.7 Å². The quantitative estimate of drug-likeness (QED) is 0.406. The molecule has 0 saturated carbocycles. The monoisotopic (exact) mass is 504 g/mol. The van der Waals surface area contributed by atoms with Crippen LogP contribution in [-0.2, 0) is 0 Å². The SMILES string of the molecule is COc1ccc(N2C(=S)N[C@@H](c3ccccn3)[C@@H]2c2ccc3c(c2)C(C)=CC(C)(C)N3C)cc1Cl. The zero-order valence-electron chi connectivity index (χ0n) is 20.5.